The number of rotatable bonds is 4. The molecule has 1 aromatic carbocycles. The van der Waals surface area contributed by atoms with Gasteiger partial charge in [-0.05, 0) is 36.8 Å². The molecule has 2 N–H and O–H groups in total. The molecule has 1 unspecified atom stereocenters. The number of hydrogen-bond donors (Lipinski definition) is 2. The largest absolute Gasteiger partial charge is 0.486 e. The first kappa shape index (κ1) is 15.0. The highest BCUT2D eigenvalue weighted by molar-refractivity contribution is 5.93. The van der Waals surface area contributed by atoms with Gasteiger partial charge in [-0.2, -0.15) is 0 Å². The van der Waals surface area contributed by atoms with E-state index >= 15 is 0 Å². The Bertz CT molecular complexity index is 751. The highest BCUT2D eigenvalue weighted by atomic mass is 16.6. The maximum absolute atomic E-state index is 12.1. The smallest absolute Gasteiger partial charge is 0.371 e. The molecule has 3 rings (SSSR count). The fraction of sp³-hybridized carbons (Fsp3) is 0.250. The van der Waals surface area contributed by atoms with Crippen molar-refractivity contribution in [1.82, 2.24) is 5.32 Å². The highest BCUT2D eigenvalue weighted by Gasteiger charge is 2.19. The van der Waals surface area contributed by atoms with Gasteiger partial charge in [0.1, 0.15) is 13.2 Å². The van der Waals surface area contributed by atoms with Crippen LogP contribution in [0.25, 0.3) is 0 Å². The Hall–Kier alpha value is -2.96. The van der Waals surface area contributed by atoms with Crippen molar-refractivity contribution in [3.05, 3.63) is 47.4 Å². The molecule has 1 aliphatic heterocycles. The van der Waals surface area contributed by atoms with E-state index in [0.717, 1.165) is 5.56 Å². The van der Waals surface area contributed by atoms with E-state index in [-0.39, 0.29) is 17.6 Å². The maximum Gasteiger partial charge on any atom is 0.371 e. The van der Waals surface area contributed by atoms with Crippen LogP contribution in [0.15, 0.2) is 34.7 Å². The van der Waals surface area contributed by atoms with E-state index in [1.54, 1.807) is 6.07 Å². The molecule has 23 heavy (non-hydrogen) atoms. The monoisotopic (exact) mass is 317 g/mol. The van der Waals surface area contributed by atoms with Crippen molar-refractivity contribution >= 4 is 11.9 Å². The van der Waals surface area contributed by atoms with Crippen molar-refractivity contribution in [2.45, 2.75) is 13.0 Å². The Morgan fingerprint density at radius 3 is 2.48 bits per heavy atom. The van der Waals surface area contributed by atoms with Crippen LogP contribution in [-0.4, -0.2) is 30.2 Å². The summed E-state index contributed by atoms with van der Waals surface area (Å²) in [4.78, 5) is 22.9. The summed E-state index contributed by atoms with van der Waals surface area (Å²) in [5.41, 5.74) is 0.840. The van der Waals surface area contributed by atoms with Gasteiger partial charge in [-0.15, -0.1) is 0 Å². The fourth-order valence-electron chi connectivity index (χ4n) is 2.26. The average Bonchev–Trinajstić information content (AvgIpc) is 3.04. The third-order valence-electron chi connectivity index (χ3n) is 3.45. The summed E-state index contributed by atoms with van der Waals surface area (Å²) in [6, 6.07) is 7.70. The maximum atomic E-state index is 12.1. The molecule has 0 aliphatic carbocycles. The summed E-state index contributed by atoms with van der Waals surface area (Å²) in [5, 5.41) is 11.6. The summed E-state index contributed by atoms with van der Waals surface area (Å²) in [7, 11) is 0. The second-order valence-electron chi connectivity index (χ2n) is 5.07. The quantitative estimate of drug-likeness (QED) is 0.897. The molecule has 1 atom stereocenters. The van der Waals surface area contributed by atoms with Gasteiger partial charge in [0.15, 0.2) is 17.3 Å². The van der Waals surface area contributed by atoms with Crippen LogP contribution < -0.4 is 14.8 Å². The van der Waals surface area contributed by atoms with E-state index in [1.165, 1.54) is 12.1 Å². The minimum absolute atomic E-state index is 0.0493. The first-order chi connectivity index (χ1) is 11.0. The predicted molar refractivity (Wildman–Crippen MR) is 79.0 cm³/mol. The zero-order valence-corrected chi connectivity index (χ0v) is 12.4. The number of furan rings is 1. The molecule has 1 amide bonds. The SMILES string of the molecule is CC(NC(=O)c1ccc(C(=O)O)o1)c1ccc2c(c1)OCCO2. The summed E-state index contributed by atoms with van der Waals surface area (Å²) < 4.78 is 15.9. The van der Waals surface area contributed by atoms with E-state index in [2.05, 4.69) is 5.32 Å². The van der Waals surface area contributed by atoms with Crippen molar-refractivity contribution in [3.8, 4) is 11.5 Å². The topological polar surface area (TPSA) is 98.0 Å². The number of benzene rings is 1. The zero-order valence-electron chi connectivity index (χ0n) is 12.4. The van der Waals surface area contributed by atoms with Crippen LogP contribution in [-0.2, 0) is 0 Å². The van der Waals surface area contributed by atoms with E-state index in [4.69, 9.17) is 19.0 Å². The molecule has 7 nitrogen and oxygen atoms in total. The molecule has 0 bridgehead atoms. The van der Waals surface area contributed by atoms with Crippen molar-refractivity contribution in [2.24, 2.45) is 0 Å². The van der Waals surface area contributed by atoms with Gasteiger partial charge < -0.3 is 24.3 Å². The second-order valence-corrected chi connectivity index (χ2v) is 5.07. The van der Waals surface area contributed by atoms with E-state index in [0.29, 0.717) is 24.7 Å². The van der Waals surface area contributed by atoms with Gasteiger partial charge in [-0.3, -0.25) is 4.79 Å². The Morgan fingerprint density at radius 2 is 1.78 bits per heavy atom. The number of carboxylic acids is 1. The number of nitrogens with one attached hydrogen (secondary N) is 1. The summed E-state index contributed by atoms with van der Waals surface area (Å²) in [6.45, 7) is 2.81. The molecule has 0 fully saturated rings. The predicted octanol–water partition coefficient (Wildman–Crippen LogP) is 2.24. The lowest BCUT2D eigenvalue weighted by Gasteiger charge is -2.20. The third-order valence-corrected chi connectivity index (χ3v) is 3.45. The molecule has 0 radical (unpaired) electrons. The van der Waals surface area contributed by atoms with Crippen molar-refractivity contribution < 1.29 is 28.6 Å². The number of carbonyl (C=O) groups excluding carboxylic acids is 1. The van der Waals surface area contributed by atoms with Crippen LogP contribution in [0, 0.1) is 0 Å². The van der Waals surface area contributed by atoms with Crippen LogP contribution in [0.2, 0.25) is 0 Å². The first-order valence-corrected chi connectivity index (χ1v) is 7.08. The van der Waals surface area contributed by atoms with Gasteiger partial charge in [0.2, 0.25) is 5.76 Å². The molecule has 0 spiro atoms. The molecule has 1 aliphatic rings. The van der Waals surface area contributed by atoms with Crippen LogP contribution in [0.5, 0.6) is 11.5 Å². The normalized spacial score (nSPS) is 14.1. The van der Waals surface area contributed by atoms with Crippen molar-refractivity contribution in [1.29, 1.82) is 0 Å². The highest BCUT2D eigenvalue weighted by Crippen LogP contribution is 2.32. The Morgan fingerprint density at radius 1 is 1.09 bits per heavy atom. The van der Waals surface area contributed by atoms with Crippen molar-refractivity contribution in [2.75, 3.05) is 13.2 Å². The minimum atomic E-state index is -1.22. The van der Waals surface area contributed by atoms with Crippen molar-refractivity contribution in [3.63, 3.8) is 0 Å². The molecule has 0 saturated heterocycles. The van der Waals surface area contributed by atoms with Gasteiger partial charge >= 0.3 is 5.97 Å². The summed E-state index contributed by atoms with van der Waals surface area (Å²) in [5.74, 6) is -0.713. The number of carboxylic acid groups (broad SMARTS) is 1. The van der Waals surface area contributed by atoms with E-state index in [9.17, 15) is 9.59 Å². The molecule has 0 saturated carbocycles. The number of aromatic carboxylic acids is 1. The van der Waals surface area contributed by atoms with Gasteiger partial charge in [0, 0.05) is 0 Å². The number of hydrogen-bond acceptors (Lipinski definition) is 5. The zero-order chi connectivity index (χ0) is 16.4. The van der Waals surface area contributed by atoms with E-state index in [1.807, 2.05) is 19.1 Å². The molecule has 120 valence electrons. The summed E-state index contributed by atoms with van der Waals surface area (Å²) >= 11 is 0. The lowest BCUT2D eigenvalue weighted by molar-refractivity contribution is 0.0659. The number of fused-ring (bicyclic) bond motifs is 1. The minimum Gasteiger partial charge on any atom is -0.486 e. The fourth-order valence-corrected chi connectivity index (χ4v) is 2.26. The Labute approximate surface area is 131 Å². The molecule has 2 heterocycles. The van der Waals surface area contributed by atoms with Crippen LogP contribution in [0.1, 0.15) is 39.6 Å². The molecule has 7 heteroatoms. The number of amides is 1. The molecular weight excluding hydrogens is 302 g/mol. The number of ether oxygens (including phenoxy) is 2. The van der Waals surface area contributed by atoms with Crippen LogP contribution in [0.3, 0.4) is 0 Å². The molecule has 2 aromatic rings. The van der Waals surface area contributed by atoms with E-state index < -0.39 is 11.9 Å². The average molecular weight is 317 g/mol. The summed E-state index contributed by atoms with van der Waals surface area (Å²) in [6.07, 6.45) is 0. The van der Waals surface area contributed by atoms with Gasteiger partial charge in [0.25, 0.3) is 5.91 Å². The standard InChI is InChI=1S/C16H15NO6/c1-9(10-2-3-11-14(8-10)22-7-6-21-11)17-15(18)12-4-5-13(23-12)16(19)20/h2-5,8-9H,6-7H2,1H3,(H,17,18)(H,19,20). The third kappa shape index (κ3) is 3.13. The Kier molecular flexibility index (Phi) is 3.92. The lowest BCUT2D eigenvalue weighted by Crippen LogP contribution is -2.26. The van der Waals surface area contributed by atoms with Gasteiger partial charge in [0.05, 0.1) is 6.04 Å². The second kappa shape index (κ2) is 6.04. The molecule has 1 aromatic heterocycles. The van der Waals surface area contributed by atoms with Crippen LogP contribution >= 0.6 is 0 Å². The lowest BCUT2D eigenvalue weighted by atomic mass is 10.1. The number of carbonyl (C=O) groups is 2. The van der Waals surface area contributed by atoms with Crippen LogP contribution in [0.4, 0.5) is 0 Å². The van der Waals surface area contributed by atoms with Gasteiger partial charge in [-0.25, -0.2) is 4.79 Å². The Balaban J connectivity index is 1.71. The first-order valence-electron chi connectivity index (χ1n) is 7.08. The molecular formula is C16H15NO6. The van der Waals surface area contributed by atoms with Gasteiger partial charge in [-0.1, -0.05) is 6.07 Å².